The Kier molecular flexibility index (Phi) is 5.59. The van der Waals surface area contributed by atoms with Crippen LogP contribution in [-0.4, -0.2) is 29.1 Å². The minimum atomic E-state index is -0.954. The molecule has 0 bridgehead atoms. The summed E-state index contributed by atoms with van der Waals surface area (Å²) >= 11 is 0. The minimum absolute atomic E-state index is 0.0581. The van der Waals surface area contributed by atoms with Crippen LogP contribution in [0, 0.1) is 11.8 Å². The van der Waals surface area contributed by atoms with Crippen molar-refractivity contribution in [1.82, 2.24) is 5.32 Å². The third-order valence-electron chi connectivity index (χ3n) is 3.92. The second-order valence-corrected chi connectivity index (χ2v) is 5.32. The van der Waals surface area contributed by atoms with Crippen LogP contribution >= 0.6 is 0 Å². The van der Waals surface area contributed by atoms with Crippen molar-refractivity contribution in [2.45, 2.75) is 58.0 Å². The molecule has 0 aromatic rings. The average Bonchev–Trinajstić information content (AvgIpc) is 2.35. The van der Waals surface area contributed by atoms with Crippen LogP contribution in [0.2, 0.25) is 0 Å². The molecule has 0 aliphatic heterocycles. The third-order valence-corrected chi connectivity index (χ3v) is 3.92. The Hall–Kier alpha value is -1.10. The number of nitrogens with two attached hydrogens (primary N) is 1. The molecule has 1 aliphatic rings. The van der Waals surface area contributed by atoms with Crippen molar-refractivity contribution in [1.29, 1.82) is 0 Å². The molecule has 0 unspecified atom stereocenters. The predicted molar refractivity (Wildman–Crippen MR) is 69.0 cm³/mol. The largest absolute Gasteiger partial charge is 0.480 e. The van der Waals surface area contributed by atoms with Gasteiger partial charge in [0.15, 0.2) is 0 Å². The number of rotatable bonds is 5. The van der Waals surface area contributed by atoms with Gasteiger partial charge in [0.25, 0.3) is 0 Å². The van der Waals surface area contributed by atoms with Gasteiger partial charge in [0, 0.05) is 12.0 Å². The molecule has 1 amide bonds. The number of hydrogen-bond donors (Lipinski definition) is 3. The molecule has 0 heterocycles. The van der Waals surface area contributed by atoms with E-state index in [2.05, 4.69) is 5.32 Å². The summed E-state index contributed by atoms with van der Waals surface area (Å²) in [5.74, 6) is -1.21. The van der Waals surface area contributed by atoms with Crippen molar-refractivity contribution in [2.24, 2.45) is 17.6 Å². The highest BCUT2D eigenvalue weighted by Crippen LogP contribution is 2.23. The van der Waals surface area contributed by atoms with E-state index in [1.165, 1.54) is 0 Å². The molecule has 1 rings (SSSR count). The molecular formula is C13H24N2O3. The van der Waals surface area contributed by atoms with Crippen molar-refractivity contribution in [3.8, 4) is 0 Å². The summed E-state index contributed by atoms with van der Waals surface area (Å²) in [5, 5.41) is 11.8. The van der Waals surface area contributed by atoms with Crippen LogP contribution in [0.25, 0.3) is 0 Å². The van der Waals surface area contributed by atoms with E-state index in [-0.39, 0.29) is 23.8 Å². The van der Waals surface area contributed by atoms with Crippen molar-refractivity contribution < 1.29 is 14.7 Å². The monoisotopic (exact) mass is 256 g/mol. The highest BCUT2D eigenvalue weighted by Gasteiger charge is 2.30. The van der Waals surface area contributed by atoms with Gasteiger partial charge in [-0.05, 0) is 31.6 Å². The molecule has 1 fully saturated rings. The standard InChI is InChI=1S/C13H24N2O3/c1-3-8(2)11(13(17)18)15-12(16)9-4-6-10(14)7-5-9/h8-11H,3-7,14H2,1-2H3,(H,15,16)(H,17,18)/t8-,9?,10?,11-/m0/s1. The molecule has 0 saturated heterocycles. The molecule has 0 radical (unpaired) electrons. The van der Waals surface area contributed by atoms with Gasteiger partial charge in [0.2, 0.25) is 5.91 Å². The molecule has 1 saturated carbocycles. The minimum Gasteiger partial charge on any atom is -0.480 e. The maximum Gasteiger partial charge on any atom is 0.326 e. The Balaban J connectivity index is 2.53. The number of carbonyl (C=O) groups is 2. The Morgan fingerprint density at radius 1 is 1.33 bits per heavy atom. The summed E-state index contributed by atoms with van der Waals surface area (Å²) in [5.41, 5.74) is 5.79. The van der Waals surface area contributed by atoms with Crippen LogP contribution in [0.3, 0.4) is 0 Å². The lowest BCUT2D eigenvalue weighted by atomic mass is 9.85. The second-order valence-electron chi connectivity index (χ2n) is 5.32. The van der Waals surface area contributed by atoms with Gasteiger partial charge in [-0.15, -0.1) is 0 Å². The van der Waals surface area contributed by atoms with Gasteiger partial charge in [-0.2, -0.15) is 0 Å². The Morgan fingerprint density at radius 2 is 1.89 bits per heavy atom. The maximum atomic E-state index is 12.0. The first-order chi connectivity index (χ1) is 8.45. The van der Waals surface area contributed by atoms with E-state index in [0.717, 1.165) is 32.1 Å². The SMILES string of the molecule is CC[C@H](C)[C@H](NC(=O)C1CCC(N)CC1)C(=O)O. The summed E-state index contributed by atoms with van der Waals surface area (Å²) in [6.45, 7) is 3.77. The van der Waals surface area contributed by atoms with Gasteiger partial charge >= 0.3 is 5.97 Å². The smallest absolute Gasteiger partial charge is 0.326 e. The predicted octanol–water partition coefficient (Wildman–Crippen LogP) is 1.12. The number of aliphatic carboxylic acids is 1. The van der Waals surface area contributed by atoms with Crippen LogP contribution in [0.5, 0.6) is 0 Å². The second kappa shape index (κ2) is 6.73. The molecule has 0 spiro atoms. The quantitative estimate of drug-likeness (QED) is 0.687. The van der Waals surface area contributed by atoms with Crippen LogP contribution in [0.1, 0.15) is 46.0 Å². The van der Waals surface area contributed by atoms with Crippen molar-refractivity contribution in [3.05, 3.63) is 0 Å². The van der Waals surface area contributed by atoms with Gasteiger partial charge in [-0.3, -0.25) is 4.79 Å². The molecule has 2 atom stereocenters. The van der Waals surface area contributed by atoms with Gasteiger partial charge in [-0.25, -0.2) is 4.79 Å². The topological polar surface area (TPSA) is 92.4 Å². The molecule has 1 aliphatic carbocycles. The third kappa shape index (κ3) is 3.98. The molecule has 5 heteroatoms. The lowest BCUT2D eigenvalue weighted by molar-refractivity contribution is -0.144. The average molecular weight is 256 g/mol. The zero-order valence-corrected chi connectivity index (χ0v) is 11.2. The number of carboxylic acid groups (broad SMARTS) is 1. The Labute approximate surface area is 108 Å². The van der Waals surface area contributed by atoms with E-state index < -0.39 is 12.0 Å². The molecule has 104 valence electrons. The number of nitrogens with one attached hydrogen (secondary N) is 1. The van der Waals surface area contributed by atoms with Crippen molar-refractivity contribution in [2.75, 3.05) is 0 Å². The summed E-state index contributed by atoms with van der Waals surface area (Å²) in [6, 6.07) is -0.586. The molecular weight excluding hydrogens is 232 g/mol. The lowest BCUT2D eigenvalue weighted by Gasteiger charge is -2.27. The van der Waals surface area contributed by atoms with Crippen LogP contribution < -0.4 is 11.1 Å². The zero-order valence-electron chi connectivity index (χ0n) is 11.2. The first-order valence-electron chi connectivity index (χ1n) is 6.74. The molecule has 0 aromatic carbocycles. The first-order valence-corrected chi connectivity index (χ1v) is 6.74. The van der Waals surface area contributed by atoms with E-state index in [4.69, 9.17) is 10.8 Å². The molecule has 0 aromatic heterocycles. The number of carbonyl (C=O) groups excluding carboxylic acids is 1. The Bertz CT molecular complexity index is 299. The summed E-state index contributed by atoms with van der Waals surface area (Å²) in [4.78, 5) is 23.2. The number of hydrogen-bond acceptors (Lipinski definition) is 3. The summed E-state index contributed by atoms with van der Waals surface area (Å²) < 4.78 is 0. The van der Waals surface area contributed by atoms with E-state index >= 15 is 0 Å². The van der Waals surface area contributed by atoms with Crippen LogP contribution in [0.15, 0.2) is 0 Å². The van der Waals surface area contributed by atoms with E-state index in [0.29, 0.717) is 0 Å². The fraction of sp³-hybridized carbons (Fsp3) is 0.846. The van der Waals surface area contributed by atoms with Gasteiger partial charge in [0.05, 0.1) is 0 Å². The van der Waals surface area contributed by atoms with Crippen LogP contribution in [0.4, 0.5) is 0 Å². The van der Waals surface area contributed by atoms with Crippen molar-refractivity contribution >= 4 is 11.9 Å². The van der Waals surface area contributed by atoms with Gasteiger partial charge in [-0.1, -0.05) is 20.3 Å². The Morgan fingerprint density at radius 3 is 2.33 bits per heavy atom. The fourth-order valence-electron chi connectivity index (χ4n) is 2.34. The first kappa shape index (κ1) is 15.0. The fourth-order valence-corrected chi connectivity index (χ4v) is 2.34. The number of amides is 1. The molecule has 18 heavy (non-hydrogen) atoms. The number of carboxylic acids is 1. The van der Waals surface area contributed by atoms with Crippen molar-refractivity contribution in [3.63, 3.8) is 0 Å². The summed E-state index contributed by atoms with van der Waals surface area (Å²) in [6.07, 6.45) is 3.95. The maximum absolute atomic E-state index is 12.0. The van der Waals surface area contributed by atoms with Crippen LogP contribution in [-0.2, 0) is 9.59 Å². The zero-order chi connectivity index (χ0) is 13.7. The normalized spacial score (nSPS) is 27.3. The highest BCUT2D eigenvalue weighted by molar-refractivity contribution is 5.85. The van der Waals surface area contributed by atoms with E-state index in [1.54, 1.807) is 0 Å². The van der Waals surface area contributed by atoms with E-state index in [1.807, 2.05) is 13.8 Å². The van der Waals surface area contributed by atoms with E-state index in [9.17, 15) is 9.59 Å². The lowest BCUT2D eigenvalue weighted by Crippen LogP contribution is -2.48. The van der Waals surface area contributed by atoms with Gasteiger partial charge in [0.1, 0.15) is 6.04 Å². The van der Waals surface area contributed by atoms with Gasteiger partial charge < -0.3 is 16.2 Å². The highest BCUT2D eigenvalue weighted by atomic mass is 16.4. The molecule has 4 N–H and O–H groups in total. The molecule has 5 nitrogen and oxygen atoms in total. The summed E-state index contributed by atoms with van der Waals surface area (Å²) in [7, 11) is 0.